The molecule has 0 heterocycles. The van der Waals surface area contributed by atoms with Crippen molar-refractivity contribution >= 4 is 11.9 Å². The zero-order chi connectivity index (χ0) is 10.1. The monoisotopic (exact) mass is 179 g/mol. The van der Waals surface area contributed by atoms with Crippen LogP contribution in [0.2, 0.25) is 0 Å². The SMILES string of the molecule is C#C/N=C(\N)NCN/C(N)=N\C#N. The fourth-order valence-corrected chi connectivity index (χ4v) is 0.428. The largest absolute Gasteiger partial charge is 0.369 e. The average molecular weight is 179 g/mol. The van der Waals surface area contributed by atoms with Gasteiger partial charge < -0.3 is 22.1 Å². The first-order valence-corrected chi connectivity index (χ1v) is 3.19. The summed E-state index contributed by atoms with van der Waals surface area (Å²) in [4.78, 5) is 6.59. The van der Waals surface area contributed by atoms with Crippen LogP contribution in [-0.4, -0.2) is 18.6 Å². The summed E-state index contributed by atoms with van der Waals surface area (Å²) in [6, 6.07) is 1.99. The fraction of sp³-hybridized carbons (Fsp3) is 0.167. The van der Waals surface area contributed by atoms with Gasteiger partial charge >= 0.3 is 0 Å². The molecule has 0 saturated carbocycles. The number of nitrogens with one attached hydrogen (secondary N) is 2. The standard InChI is InChI=1S/C6H9N7/c1-2-10-5(8)12-4-13-6(9)11-3-7/h1H,4H2,(H3,8,10,12)(H3,9,11,13). The van der Waals surface area contributed by atoms with Crippen LogP contribution < -0.4 is 22.1 Å². The molecule has 0 unspecified atom stereocenters. The van der Waals surface area contributed by atoms with E-state index in [-0.39, 0.29) is 18.6 Å². The normalized spacial score (nSPS) is 11.2. The fourth-order valence-electron chi connectivity index (χ4n) is 0.428. The van der Waals surface area contributed by atoms with E-state index in [2.05, 4.69) is 20.6 Å². The van der Waals surface area contributed by atoms with Crippen molar-refractivity contribution in [2.45, 2.75) is 0 Å². The molecule has 0 bridgehead atoms. The lowest BCUT2D eigenvalue weighted by Gasteiger charge is -2.05. The molecule has 0 aliphatic heterocycles. The highest BCUT2D eigenvalue weighted by Gasteiger charge is 1.90. The predicted molar refractivity (Wildman–Crippen MR) is 48.8 cm³/mol. The van der Waals surface area contributed by atoms with Gasteiger partial charge in [0, 0.05) is 6.04 Å². The maximum Gasteiger partial charge on any atom is 0.209 e. The lowest BCUT2D eigenvalue weighted by atomic mass is 10.8. The molecule has 0 rings (SSSR count). The van der Waals surface area contributed by atoms with Gasteiger partial charge in [0.25, 0.3) is 0 Å². The second-order valence-corrected chi connectivity index (χ2v) is 1.75. The number of hydrogen-bond acceptors (Lipinski definition) is 3. The van der Waals surface area contributed by atoms with Gasteiger partial charge in [-0.05, 0) is 0 Å². The minimum Gasteiger partial charge on any atom is -0.369 e. The summed E-state index contributed by atoms with van der Waals surface area (Å²) in [5, 5.41) is 13.2. The van der Waals surface area contributed by atoms with E-state index in [9.17, 15) is 0 Å². The molecular weight excluding hydrogens is 170 g/mol. The highest BCUT2D eigenvalue weighted by molar-refractivity contribution is 5.81. The summed E-state index contributed by atoms with van der Waals surface area (Å²) in [6.45, 7) is 0.189. The van der Waals surface area contributed by atoms with Crippen LogP contribution in [0.5, 0.6) is 0 Å². The molecule has 0 aliphatic carbocycles. The topological polar surface area (TPSA) is 125 Å². The molecule has 0 radical (unpaired) electrons. The van der Waals surface area contributed by atoms with E-state index in [1.807, 2.05) is 6.04 Å². The second kappa shape index (κ2) is 6.31. The van der Waals surface area contributed by atoms with Gasteiger partial charge in [0.05, 0.1) is 6.67 Å². The van der Waals surface area contributed by atoms with Crippen molar-refractivity contribution in [3.63, 3.8) is 0 Å². The Morgan fingerprint density at radius 3 is 2.31 bits per heavy atom. The van der Waals surface area contributed by atoms with Crippen LogP contribution in [0.4, 0.5) is 0 Å². The molecule has 7 heteroatoms. The first kappa shape index (κ1) is 10.6. The van der Waals surface area contributed by atoms with E-state index in [1.54, 1.807) is 0 Å². The Morgan fingerprint density at radius 2 is 1.85 bits per heavy atom. The molecule has 0 atom stereocenters. The van der Waals surface area contributed by atoms with Gasteiger partial charge in [-0.25, -0.2) is 0 Å². The summed E-state index contributed by atoms with van der Waals surface area (Å²) < 4.78 is 0. The summed E-state index contributed by atoms with van der Waals surface area (Å²) in [7, 11) is 0. The van der Waals surface area contributed by atoms with E-state index in [1.165, 1.54) is 6.19 Å². The van der Waals surface area contributed by atoms with Crippen molar-refractivity contribution in [2.75, 3.05) is 6.67 Å². The molecule has 0 spiro atoms. The van der Waals surface area contributed by atoms with Gasteiger partial charge in [0.1, 0.15) is 0 Å². The van der Waals surface area contributed by atoms with Gasteiger partial charge in [0.15, 0.2) is 0 Å². The average Bonchev–Trinajstić information content (AvgIpc) is 2.05. The van der Waals surface area contributed by atoms with E-state index in [0.717, 1.165) is 0 Å². The Labute approximate surface area is 75.5 Å². The summed E-state index contributed by atoms with van der Waals surface area (Å²) in [6.07, 6.45) is 6.35. The van der Waals surface area contributed by atoms with Crippen LogP contribution >= 0.6 is 0 Å². The third kappa shape index (κ3) is 6.01. The van der Waals surface area contributed by atoms with Crippen LogP contribution in [-0.2, 0) is 0 Å². The van der Waals surface area contributed by atoms with E-state index in [0.29, 0.717) is 0 Å². The van der Waals surface area contributed by atoms with Crippen molar-refractivity contribution in [1.82, 2.24) is 10.6 Å². The van der Waals surface area contributed by atoms with Crippen LogP contribution in [0.3, 0.4) is 0 Å². The van der Waals surface area contributed by atoms with Gasteiger partial charge in [0.2, 0.25) is 18.1 Å². The van der Waals surface area contributed by atoms with Crippen molar-refractivity contribution < 1.29 is 0 Å². The number of nitrogens with zero attached hydrogens (tertiary/aromatic N) is 3. The Balaban J connectivity index is 3.71. The zero-order valence-corrected chi connectivity index (χ0v) is 6.78. The second-order valence-electron chi connectivity index (χ2n) is 1.75. The smallest absolute Gasteiger partial charge is 0.209 e. The van der Waals surface area contributed by atoms with Crippen LogP contribution in [0.25, 0.3) is 0 Å². The Hall–Kier alpha value is -2.41. The van der Waals surface area contributed by atoms with Crippen LogP contribution in [0, 0.1) is 23.9 Å². The summed E-state index contributed by atoms with van der Waals surface area (Å²) in [5.41, 5.74) is 10.5. The van der Waals surface area contributed by atoms with Gasteiger partial charge in [-0.3, -0.25) is 0 Å². The highest BCUT2D eigenvalue weighted by Crippen LogP contribution is 1.62. The Bertz CT molecular complexity index is 259. The van der Waals surface area contributed by atoms with Crippen LogP contribution in [0.1, 0.15) is 0 Å². The molecule has 6 N–H and O–H groups in total. The number of aliphatic imine (C=N–C) groups is 2. The lowest BCUT2D eigenvalue weighted by molar-refractivity contribution is 0.818. The number of rotatable bonds is 2. The number of nitriles is 1. The number of terminal acetylenes is 1. The van der Waals surface area contributed by atoms with Gasteiger partial charge in [-0.2, -0.15) is 10.3 Å². The van der Waals surface area contributed by atoms with Crippen LogP contribution in [0.15, 0.2) is 9.98 Å². The Kier molecular flexibility index (Phi) is 5.14. The molecule has 0 fully saturated rings. The van der Waals surface area contributed by atoms with Gasteiger partial charge in [-0.15, -0.1) is 4.99 Å². The molecule has 68 valence electrons. The number of guanidine groups is 2. The van der Waals surface area contributed by atoms with Crippen molar-refractivity contribution in [3.05, 3.63) is 0 Å². The molecule has 0 aromatic rings. The van der Waals surface area contributed by atoms with Crippen molar-refractivity contribution in [3.8, 4) is 18.7 Å². The molecule has 7 nitrogen and oxygen atoms in total. The first-order chi connectivity index (χ1) is 6.20. The molecular formula is C6H9N7. The molecule has 0 aromatic carbocycles. The predicted octanol–water partition coefficient (Wildman–Crippen LogP) is -2.18. The minimum absolute atomic E-state index is 0.0106. The molecule has 13 heavy (non-hydrogen) atoms. The zero-order valence-electron chi connectivity index (χ0n) is 6.78. The third-order valence-electron chi connectivity index (χ3n) is 0.894. The quantitative estimate of drug-likeness (QED) is 0.126. The summed E-state index contributed by atoms with van der Waals surface area (Å²) in [5.74, 6) is 0.0725. The highest BCUT2D eigenvalue weighted by atomic mass is 15.2. The van der Waals surface area contributed by atoms with Gasteiger partial charge in [-0.1, -0.05) is 6.42 Å². The molecule has 0 aliphatic rings. The van der Waals surface area contributed by atoms with Crippen molar-refractivity contribution in [2.24, 2.45) is 21.5 Å². The Morgan fingerprint density at radius 1 is 1.31 bits per heavy atom. The van der Waals surface area contributed by atoms with E-state index >= 15 is 0 Å². The van der Waals surface area contributed by atoms with Crippen molar-refractivity contribution in [1.29, 1.82) is 5.26 Å². The maximum atomic E-state index is 8.08. The minimum atomic E-state index is -0.0106. The lowest BCUT2D eigenvalue weighted by Crippen LogP contribution is -2.43. The maximum absolute atomic E-state index is 8.08. The third-order valence-corrected chi connectivity index (χ3v) is 0.894. The van der Waals surface area contributed by atoms with E-state index in [4.69, 9.17) is 23.2 Å². The molecule has 0 aromatic heterocycles. The number of nitrogens with two attached hydrogens (primary N) is 2. The van der Waals surface area contributed by atoms with E-state index < -0.39 is 0 Å². The summed E-state index contributed by atoms with van der Waals surface area (Å²) >= 11 is 0. The molecule has 0 saturated heterocycles. The number of hydrogen-bond donors (Lipinski definition) is 4. The molecule has 0 amide bonds. The first-order valence-electron chi connectivity index (χ1n) is 3.19.